The number of methoxy groups -OCH3 is 2. The number of aromatic nitrogens is 1. The van der Waals surface area contributed by atoms with Gasteiger partial charge in [-0.05, 0) is 43.2 Å². The van der Waals surface area contributed by atoms with E-state index in [4.69, 9.17) is 14.0 Å². The van der Waals surface area contributed by atoms with Crippen LogP contribution in [0.25, 0.3) is 11.3 Å². The maximum absolute atomic E-state index is 12.5. The summed E-state index contributed by atoms with van der Waals surface area (Å²) < 4.78 is 15.8. The van der Waals surface area contributed by atoms with Crippen molar-refractivity contribution in [1.82, 2.24) is 5.16 Å². The van der Waals surface area contributed by atoms with E-state index < -0.39 is 0 Å². The van der Waals surface area contributed by atoms with Crippen LogP contribution >= 0.6 is 0 Å². The second-order valence-corrected chi connectivity index (χ2v) is 5.90. The molecule has 0 unspecified atom stereocenters. The van der Waals surface area contributed by atoms with Gasteiger partial charge in [0.15, 0.2) is 11.5 Å². The number of carbonyl (C=O) groups is 1. The van der Waals surface area contributed by atoms with Crippen molar-refractivity contribution in [3.63, 3.8) is 0 Å². The number of nitrogens with zero attached hydrogens (tertiary/aromatic N) is 1. The number of ether oxygens (including phenoxy) is 2. The summed E-state index contributed by atoms with van der Waals surface area (Å²) in [4.78, 5) is 12.5. The van der Waals surface area contributed by atoms with E-state index in [9.17, 15) is 4.79 Å². The van der Waals surface area contributed by atoms with Gasteiger partial charge in [0.25, 0.3) is 5.91 Å². The van der Waals surface area contributed by atoms with Gasteiger partial charge in [-0.15, -0.1) is 0 Å². The van der Waals surface area contributed by atoms with E-state index in [-0.39, 0.29) is 11.6 Å². The Hall–Kier alpha value is -3.28. The number of amides is 1. The van der Waals surface area contributed by atoms with Gasteiger partial charge in [0.05, 0.1) is 19.9 Å². The van der Waals surface area contributed by atoms with Crippen molar-refractivity contribution in [3.05, 3.63) is 59.3 Å². The molecule has 0 atom stereocenters. The summed E-state index contributed by atoms with van der Waals surface area (Å²) >= 11 is 0. The molecule has 0 saturated carbocycles. The van der Waals surface area contributed by atoms with Crippen molar-refractivity contribution < 1.29 is 18.8 Å². The van der Waals surface area contributed by atoms with Gasteiger partial charge < -0.3 is 19.3 Å². The highest BCUT2D eigenvalue weighted by molar-refractivity contribution is 6.04. The Morgan fingerprint density at radius 2 is 1.81 bits per heavy atom. The number of carbonyl (C=O) groups excluding carboxylic acids is 1. The molecule has 6 nitrogen and oxygen atoms in total. The predicted octanol–water partition coefficient (Wildman–Crippen LogP) is 4.23. The molecule has 3 rings (SSSR count). The summed E-state index contributed by atoms with van der Waals surface area (Å²) in [5, 5.41) is 6.65. The van der Waals surface area contributed by atoms with Gasteiger partial charge in [-0.1, -0.05) is 17.3 Å². The van der Waals surface area contributed by atoms with Gasteiger partial charge >= 0.3 is 0 Å². The van der Waals surface area contributed by atoms with E-state index >= 15 is 0 Å². The number of benzene rings is 2. The normalized spacial score (nSPS) is 10.5. The molecule has 0 aliphatic heterocycles. The van der Waals surface area contributed by atoms with E-state index in [1.807, 2.05) is 32.0 Å². The lowest BCUT2D eigenvalue weighted by atomic mass is 10.0. The first kappa shape index (κ1) is 17.5. The Labute approximate surface area is 151 Å². The van der Waals surface area contributed by atoms with Crippen LogP contribution in [0.4, 0.5) is 5.69 Å². The number of hydrogen-bond acceptors (Lipinski definition) is 5. The first-order valence-electron chi connectivity index (χ1n) is 8.09. The van der Waals surface area contributed by atoms with Crippen LogP contribution in [-0.2, 0) is 0 Å². The van der Waals surface area contributed by atoms with Crippen LogP contribution in [0.3, 0.4) is 0 Å². The van der Waals surface area contributed by atoms with Crippen LogP contribution in [0.1, 0.15) is 21.6 Å². The third kappa shape index (κ3) is 3.54. The number of hydrogen-bond donors (Lipinski definition) is 1. The van der Waals surface area contributed by atoms with Gasteiger partial charge in [0.2, 0.25) is 0 Å². The quantitative estimate of drug-likeness (QED) is 0.744. The number of anilines is 1. The minimum Gasteiger partial charge on any atom is -0.497 e. The van der Waals surface area contributed by atoms with Crippen LogP contribution in [0, 0.1) is 13.8 Å². The van der Waals surface area contributed by atoms with Crippen LogP contribution in [0.5, 0.6) is 11.5 Å². The Morgan fingerprint density at radius 3 is 2.50 bits per heavy atom. The Morgan fingerprint density at radius 1 is 1.00 bits per heavy atom. The number of aryl methyl sites for hydroxylation is 2. The largest absolute Gasteiger partial charge is 0.497 e. The van der Waals surface area contributed by atoms with Crippen molar-refractivity contribution in [2.75, 3.05) is 19.5 Å². The standard InChI is InChI=1S/C20H20N2O4/c1-12-5-6-14(9-13(12)2)18-11-17(22-26-18)20(23)21-16-8-7-15(24-3)10-19(16)25-4/h5-11H,1-4H3,(H,21,23). The van der Waals surface area contributed by atoms with E-state index in [2.05, 4.69) is 10.5 Å². The van der Waals surface area contributed by atoms with Crippen molar-refractivity contribution >= 4 is 11.6 Å². The smallest absolute Gasteiger partial charge is 0.277 e. The van der Waals surface area contributed by atoms with Crippen LogP contribution < -0.4 is 14.8 Å². The Kier molecular flexibility index (Phi) is 4.93. The molecular weight excluding hydrogens is 332 g/mol. The third-order valence-corrected chi connectivity index (χ3v) is 4.19. The molecule has 3 aromatic rings. The summed E-state index contributed by atoms with van der Waals surface area (Å²) in [6.07, 6.45) is 0. The van der Waals surface area contributed by atoms with Crippen molar-refractivity contribution in [1.29, 1.82) is 0 Å². The van der Waals surface area contributed by atoms with Gasteiger partial charge in [-0.3, -0.25) is 4.79 Å². The highest BCUT2D eigenvalue weighted by atomic mass is 16.5. The fourth-order valence-electron chi connectivity index (χ4n) is 2.50. The van der Waals surface area contributed by atoms with Gasteiger partial charge in [0.1, 0.15) is 11.5 Å². The molecule has 0 aliphatic rings. The molecule has 2 aromatic carbocycles. The van der Waals surface area contributed by atoms with Gasteiger partial charge in [-0.2, -0.15) is 0 Å². The van der Waals surface area contributed by atoms with E-state index in [1.54, 1.807) is 31.4 Å². The molecule has 0 fully saturated rings. The monoisotopic (exact) mass is 352 g/mol. The zero-order valence-corrected chi connectivity index (χ0v) is 15.1. The lowest BCUT2D eigenvalue weighted by Gasteiger charge is -2.10. The maximum Gasteiger partial charge on any atom is 0.277 e. The molecule has 6 heteroatoms. The third-order valence-electron chi connectivity index (χ3n) is 4.19. The summed E-state index contributed by atoms with van der Waals surface area (Å²) in [5.41, 5.74) is 3.93. The SMILES string of the molecule is COc1ccc(NC(=O)c2cc(-c3ccc(C)c(C)c3)on2)c(OC)c1. The van der Waals surface area contributed by atoms with Gasteiger partial charge in [-0.25, -0.2) is 0 Å². The molecule has 0 bridgehead atoms. The Balaban J connectivity index is 1.81. The molecular formula is C20H20N2O4. The Bertz CT molecular complexity index is 947. The molecule has 0 saturated heterocycles. The van der Waals surface area contributed by atoms with Crippen molar-refractivity contribution in [2.45, 2.75) is 13.8 Å². The summed E-state index contributed by atoms with van der Waals surface area (Å²) in [6, 6.07) is 12.7. The molecule has 0 radical (unpaired) electrons. The maximum atomic E-state index is 12.5. The highest BCUT2D eigenvalue weighted by Gasteiger charge is 2.16. The lowest BCUT2D eigenvalue weighted by molar-refractivity contribution is 0.101. The lowest BCUT2D eigenvalue weighted by Crippen LogP contribution is -2.13. The van der Waals surface area contributed by atoms with E-state index in [0.717, 1.165) is 11.1 Å². The van der Waals surface area contributed by atoms with Crippen molar-refractivity contribution in [3.8, 4) is 22.8 Å². The van der Waals surface area contributed by atoms with Crippen LogP contribution in [0.2, 0.25) is 0 Å². The molecule has 1 heterocycles. The molecule has 1 N–H and O–H groups in total. The molecule has 0 spiro atoms. The number of nitrogens with one attached hydrogen (secondary N) is 1. The average Bonchev–Trinajstić information content (AvgIpc) is 3.14. The summed E-state index contributed by atoms with van der Waals surface area (Å²) in [5.74, 6) is 1.29. The first-order valence-corrected chi connectivity index (χ1v) is 8.09. The predicted molar refractivity (Wildman–Crippen MR) is 98.9 cm³/mol. The average molecular weight is 352 g/mol. The minimum absolute atomic E-state index is 0.191. The molecule has 134 valence electrons. The second kappa shape index (κ2) is 7.31. The summed E-state index contributed by atoms with van der Waals surface area (Å²) in [7, 11) is 3.09. The van der Waals surface area contributed by atoms with Crippen LogP contribution in [-0.4, -0.2) is 25.3 Å². The second-order valence-electron chi connectivity index (χ2n) is 5.90. The molecule has 1 amide bonds. The first-order chi connectivity index (χ1) is 12.5. The topological polar surface area (TPSA) is 73.6 Å². The van der Waals surface area contributed by atoms with Gasteiger partial charge in [0, 0.05) is 17.7 Å². The zero-order chi connectivity index (χ0) is 18.7. The molecule has 0 aliphatic carbocycles. The minimum atomic E-state index is -0.382. The van der Waals surface area contributed by atoms with E-state index in [1.165, 1.54) is 12.7 Å². The molecule has 26 heavy (non-hydrogen) atoms. The van der Waals surface area contributed by atoms with E-state index in [0.29, 0.717) is 22.9 Å². The van der Waals surface area contributed by atoms with Crippen LogP contribution in [0.15, 0.2) is 47.0 Å². The fourth-order valence-corrected chi connectivity index (χ4v) is 2.50. The summed E-state index contributed by atoms with van der Waals surface area (Å²) in [6.45, 7) is 4.07. The molecule has 1 aromatic heterocycles. The van der Waals surface area contributed by atoms with Crippen molar-refractivity contribution in [2.24, 2.45) is 0 Å². The highest BCUT2D eigenvalue weighted by Crippen LogP contribution is 2.30. The number of rotatable bonds is 5. The fraction of sp³-hybridized carbons (Fsp3) is 0.200. The zero-order valence-electron chi connectivity index (χ0n) is 15.1.